The molecule has 2 aromatic rings. The van der Waals surface area contributed by atoms with Crippen molar-refractivity contribution in [2.24, 2.45) is 10.7 Å². The zero-order valence-corrected chi connectivity index (χ0v) is 14.7. The average molecular weight is 364 g/mol. The van der Waals surface area contributed by atoms with Crippen LogP contribution in [0.15, 0.2) is 53.5 Å². The number of piperidine rings is 1. The van der Waals surface area contributed by atoms with Gasteiger partial charge in [0, 0.05) is 42.7 Å². The number of aromatic carboxylic acids is 1. The standard InChI is InChI=1S/C20H20N4O3/c21-17-15-3-1-2-4-16(15)22-20(23-17)9-11-24(12-10-20)18(25)13-5-7-14(8-6-13)19(26)27/h1-8,22H,9-12H2,(H2,21,23)(H,26,27). The zero-order chi connectivity index (χ0) is 19.0. The molecule has 2 aliphatic rings. The molecule has 0 bridgehead atoms. The highest BCUT2D eigenvalue weighted by Gasteiger charge is 2.38. The Hall–Kier alpha value is -3.35. The molecule has 7 heteroatoms. The maximum absolute atomic E-state index is 12.7. The first-order chi connectivity index (χ1) is 13.0. The molecule has 0 radical (unpaired) electrons. The Balaban J connectivity index is 1.47. The third-order valence-corrected chi connectivity index (χ3v) is 5.16. The SMILES string of the molecule is NC1=NC2(CCN(C(=O)c3ccc(C(=O)O)cc3)CC2)Nc2ccccc21. The summed E-state index contributed by atoms with van der Waals surface area (Å²) in [5.41, 5.74) is 8.20. The van der Waals surface area contributed by atoms with Crippen LogP contribution in [-0.2, 0) is 0 Å². The Bertz CT molecular complexity index is 928. The van der Waals surface area contributed by atoms with Crippen molar-refractivity contribution in [1.82, 2.24) is 4.90 Å². The second kappa shape index (κ2) is 6.42. The van der Waals surface area contributed by atoms with E-state index in [0.29, 0.717) is 37.3 Å². The highest BCUT2D eigenvalue weighted by molar-refractivity contribution is 6.04. The molecule has 2 heterocycles. The van der Waals surface area contributed by atoms with Crippen LogP contribution < -0.4 is 11.1 Å². The summed E-state index contributed by atoms with van der Waals surface area (Å²) in [4.78, 5) is 30.1. The number of anilines is 1. The number of nitrogens with one attached hydrogen (secondary N) is 1. The molecule has 1 amide bonds. The fourth-order valence-corrected chi connectivity index (χ4v) is 3.64. The van der Waals surface area contributed by atoms with E-state index in [1.54, 1.807) is 17.0 Å². The van der Waals surface area contributed by atoms with Gasteiger partial charge in [0.1, 0.15) is 11.5 Å². The molecule has 1 spiro atoms. The minimum atomic E-state index is -1.01. The number of fused-ring (bicyclic) bond motifs is 1. The Morgan fingerprint density at radius 3 is 2.33 bits per heavy atom. The van der Waals surface area contributed by atoms with E-state index in [2.05, 4.69) is 5.32 Å². The largest absolute Gasteiger partial charge is 0.478 e. The van der Waals surface area contributed by atoms with Crippen molar-refractivity contribution in [1.29, 1.82) is 0 Å². The van der Waals surface area contributed by atoms with Crippen LogP contribution >= 0.6 is 0 Å². The molecule has 7 nitrogen and oxygen atoms in total. The van der Waals surface area contributed by atoms with Gasteiger partial charge in [-0.15, -0.1) is 0 Å². The van der Waals surface area contributed by atoms with Gasteiger partial charge in [-0.05, 0) is 36.4 Å². The van der Waals surface area contributed by atoms with Gasteiger partial charge in [0.15, 0.2) is 0 Å². The van der Waals surface area contributed by atoms with E-state index in [-0.39, 0.29) is 11.5 Å². The van der Waals surface area contributed by atoms with E-state index in [9.17, 15) is 9.59 Å². The number of hydrogen-bond donors (Lipinski definition) is 3. The van der Waals surface area contributed by atoms with Crippen molar-refractivity contribution in [3.05, 3.63) is 65.2 Å². The molecule has 0 saturated carbocycles. The summed E-state index contributed by atoms with van der Waals surface area (Å²) in [5.74, 6) is -0.587. The van der Waals surface area contributed by atoms with Crippen molar-refractivity contribution in [3.8, 4) is 0 Å². The second-order valence-corrected chi connectivity index (χ2v) is 6.87. The third-order valence-electron chi connectivity index (χ3n) is 5.16. The molecule has 0 atom stereocenters. The first-order valence-corrected chi connectivity index (χ1v) is 8.83. The van der Waals surface area contributed by atoms with E-state index < -0.39 is 11.6 Å². The number of hydrogen-bond acceptors (Lipinski definition) is 5. The predicted molar refractivity (Wildman–Crippen MR) is 102 cm³/mol. The van der Waals surface area contributed by atoms with Crippen LogP contribution in [-0.4, -0.2) is 46.5 Å². The first kappa shape index (κ1) is 17.1. The number of amides is 1. The molecule has 2 aromatic carbocycles. The van der Waals surface area contributed by atoms with Crippen LogP contribution in [0.1, 0.15) is 39.1 Å². The summed E-state index contributed by atoms with van der Waals surface area (Å²) in [7, 11) is 0. The summed E-state index contributed by atoms with van der Waals surface area (Å²) >= 11 is 0. The highest BCUT2D eigenvalue weighted by Crippen LogP contribution is 2.34. The topological polar surface area (TPSA) is 108 Å². The number of aliphatic imine (C=N–C) groups is 1. The average Bonchev–Trinajstić information content (AvgIpc) is 2.68. The lowest BCUT2D eigenvalue weighted by atomic mass is 9.93. The smallest absolute Gasteiger partial charge is 0.335 e. The number of para-hydroxylation sites is 1. The van der Waals surface area contributed by atoms with Gasteiger partial charge in [-0.2, -0.15) is 0 Å². The molecule has 1 saturated heterocycles. The highest BCUT2D eigenvalue weighted by atomic mass is 16.4. The van der Waals surface area contributed by atoms with Crippen LogP contribution in [0.2, 0.25) is 0 Å². The van der Waals surface area contributed by atoms with E-state index >= 15 is 0 Å². The molecule has 27 heavy (non-hydrogen) atoms. The third kappa shape index (κ3) is 3.12. The van der Waals surface area contributed by atoms with Gasteiger partial charge in [-0.1, -0.05) is 12.1 Å². The molecular weight excluding hydrogens is 344 g/mol. The van der Waals surface area contributed by atoms with E-state index in [0.717, 1.165) is 11.3 Å². The van der Waals surface area contributed by atoms with Crippen molar-refractivity contribution < 1.29 is 14.7 Å². The van der Waals surface area contributed by atoms with Crippen LogP contribution in [0.4, 0.5) is 5.69 Å². The molecule has 4 N–H and O–H groups in total. The molecule has 0 aliphatic carbocycles. The molecule has 4 rings (SSSR count). The number of nitrogens with two attached hydrogens (primary N) is 1. The molecule has 0 aromatic heterocycles. The fraction of sp³-hybridized carbons (Fsp3) is 0.250. The Kier molecular flexibility index (Phi) is 4.07. The summed E-state index contributed by atoms with van der Waals surface area (Å²) in [5, 5.41) is 12.5. The van der Waals surface area contributed by atoms with Crippen LogP contribution in [0, 0.1) is 0 Å². The minimum absolute atomic E-state index is 0.102. The number of carboxylic acids is 1. The van der Waals surface area contributed by atoms with Crippen molar-refractivity contribution in [3.63, 3.8) is 0 Å². The van der Waals surface area contributed by atoms with E-state index in [4.69, 9.17) is 15.8 Å². The molecule has 138 valence electrons. The first-order valence-electron chi connectivity index (χ1n) is 8.83. The summed E-state index contributed by atoms with van der Waals surface area (Å²) in [6.45, 7) is 1.09. The number of nitrogens with zero attached hydrogens (tertiary/aromatic N) is 2. The van der Waals surface area contributed by atoms with E-state index in [1.165, 1.54) is 12.1 Å². The maximum atomic E-state index is 12.7. The molecule has 1 fully saturated rings. The summed E-state index contributed by atoms with van der Waals surface area (Å²) in [6, 6.07) is 13.8. The lowest BCUT2D eigenvalue weighted by molar-refractivity contribution is 0.0676. The van der Waals surface area contributed by atoms with Gasteiger partial charge < -0.3 is 21.1 Å². The van der Waals surface area contributed by atoms with Crippen LogP contribution in [0.3, 0.4) is 0 Å². The Morgan fingerprint density at radius 2 is 1.67 bits per heavy atom. The second-order valence-electron chi connectivity index (χ2n) is 6.87. The minimum Gasteiger partial charge on any atom is -0.478 e. The van der Waals surface area contributed by atoms with Crippen LogP contribution in [0.25, 0.3) is 0 Å². The summed E-state index contributed by atoms with van der Waals surface area (Å²) < 4.78 is 0. The number of likely N-dealkylation sites (tertiary alicyclic amines) is 1. The van der Waals surface area contributed by atoms with Gasteiger partial charge in [0.05, 0.1) is 5.56 Å². The number of rotatable bonds is 2. The number of carbonyl (C=O) groups excluding carboxylic acids is 1. The zero-order valence-electron chi connectivity index (χ0n) is 14.7. The molecular formula is C20H20N4O3. The maximum Gasteiger partial charge on any atom is 0.335 e. The quantitative estimate of drug-likeness (QED) is 0.757. The summed E-state index contributed by atoms with van der Waals surface area (Å²) in [6.07, 6.45) is 1.31. The number of benzene rings is 2. The fourth-order valence-electron chi connectivity index (χ4n) is 3.64. The van der Waals surface area contributed by atoms with Crippen LogP contribution in [0.5, 0.6) is 0 Å². The van der Waals surface area contributed by atoms with Crippen molar-refractivity contribution in [2.45, 2.75) is 18.5 Å². The van der Waals surface area contributed by atoms with Gasteiger partial charge >= 0.3 is 5.97 Å². The molecule has 0 unspecified atom stereocenters. The van der Waals surface area contributed by atoms with Crippen molar-refractivity contribution in [2.75, 3.05) is 18.4 Å². The lowest BCUT2D eigenvalue weighted by Crippen LogP contribution is -2.52. The number of carboxylic acid groups (broad SMARTS) is 1. The van der Waals surface area contributed by atoms with Gasteiger partial charge in [0.25, 0.3) is 5.91 Å². The normalized spacial score (nSPS) is 17.6. The van der Waals surface area contributed by atoms with Gasteiger partial charge in [0.2, 0.25) is 0 Å². The Morgan fingerprint density at radius 1 is 1.04 bits per heavy atom. The Labute approximate surface area is 156 Å². The van der Waals surface area contributed by atoms with E-state index in [1.807, 2.05) is 24.3 Å². The van der Waals surface area contributed by atoms with Gasteiger partial charge in [-0.3, -0.25) is 4.79 Å². The number of carbonyl (C=O) groups is 2. The van der Waals surface area contributed by atoms with Gasteiger partial charge in [-0.25, -0.2) is 9.79 Å². The number of amidine groups is 1. The predicted octanol–water partition coefficient (Wildman–Crippen LogP) is 2.15. The monoisotopic (exact) mass is 364 g/mol. The lowest BCUT2D eigenvalue weighted by Gasteiger charge is -2.42. The molecule has 2 aliphatic heterocycles. The van der Waals surface area contributed by atoms with Crippen molar-refractivity contribution >= 4 is 23.4 Å².